The number of likely N-dealkylation sites (N-methyl/N-ethyl adjacent to an activating group) is 1. The third-order valence-electron chi connectivity index (χ3n) is 0.915. The molecule has 0 bridgehead atoms. The highest BCUT2D eigenvalue weighted by Gasteiger charge is 1.99. The Hall–Kier alpha value is -0.610. The summed E-state index contributed by atoms with van der Waals surface area (Å²) < 4.78 is 0. The normalized spacial score (nSPS) is 9.22. The highest BCUT2D eigenvalue weighted by atomic mass is 16.2. The molecule has 2 N–H and O–H groups in total. The Morgan fingerprint density at radius 2 is 2.11 bits per heavy atom. The fourth-order valence-electron chi connectivity index (χ4n) is 0.322. The van der Waals surface area contributed by atoms with Gasteiger partial charge < -0.3 is 4.90 Å². The van der Waals surface area contributed by atoms with Crippen LogP contribution >= 0.6 is 0 Å². The Balaban J connectivity index is 3.28. The summed E-state index contributed by atoms with van der Waals surface area (Å²) in [6.45, 7) is 0.337. The van der Waals surface area contributed by atoms with E-state index in [1.807, 2.05) is 0 Å². The number of hydrogen-bond acceptors (Lipinski definition) is 3. The molecule has 4 heteroatoms. The highest BCUT2D eigenvalue weighted by molar-refractivity contribution is 5.77. The number of nitrogens with one attached hydrogen (secondary N) is 2. The van der Waals surface area contributed by atoms with Gasteiger partial charge in [0.05, 0.1) is 6.54 Å². The Morgan fingerprint density at radius 1 is 1.56 bits per heavy atom. The molecule has 9 heavy (non-hydrogen) atoms. The zero-order chi connectivity index (χ0) is 7.28. The molecule has 0 unspecified atom stereocenters. The molecule has 0 aliphatic rings. The first-order valence-electron chi connectivity index (χ1n) is 2.78. The summed E-state index contributed by atoms with van der Waals surface area (Å²) >= 11 is 0. The van der Waals surface area contributed by atoms with E-state index in [2.05, 4.69) is 10.9 Å². The Bertz CT molecular complexity index is 92.2. The van der Waals surface area contributed by atoms with Crippen molar-refractivity contribution in [2.45, 2.75) is 0 Å². The smallest absolute Gasteiger partial charge is 0.237 e. The third-order valence-corrected chi connectivity index (χ3v) is 0.915. The van der Waals surface area contributed by atoms with Gasteiger partial charge in [-0.25, -0.2) is 5.43 Å². The average molecular weight is 131 g/mol. The van der Waals surface area contributed by atoms with Crippen LogP contribution in [0.4, 0.5) is 0 Å². The fraction of sp³-hybridized carbons (Fsp3) is 0.800. The monoisotopic (exact) mass is 131 g/mol. The topological polar surface area (TPSA) is 44.4 Å². The molecule has 0 rings (SSSR count). The Morgan fingerprint density at radius 3 is 2.44 bits per heavy atom. The van der Waals surface area contributed by atoms with Crippen LogP contribution in [0, 0.1) is 0 Å². The van der Waals surface area contributed by atoms with Gasteiger partial charge in [0.2, 0.25) is 5.91 Å². The van der Waals surface area contributed by atoms with Crippen molar-refractivity contribution in [3.8, 4) is 0 Å². The van der Waals surface area contributed by atoms with Crippen molar-refractivity contribution in [1.82, 2.24) is 15.8 Å². The van der Waals surface area contributed by atoms with Crippen LogP contribution in [0.3, 0.4) is 0 Å². The molecular weight excluding hydrogens is 118 g/mol. The second-order valence-corrected chi connectivity index (χ2v) is 1.89. The third kappa shape index (κ3) is 3.93. The molecular formula is C5H13N3O. The molecule has 0 aromatic carbocycles. The number of carbonyl (C=O) groups is 1. The van der Waals surface area contributed by atoms with Crippen LogP contribution in [0.5, 0.6) is 0 Å². The minimum absolute atomic E-state index is 0.0596. The molecule has 1 amide bonds. The van der Waals surface area contributed by atoms with E-state index in [1.54, 1.807) is 21.1 Å². The summed E-state index contributed by atoms with van der Waals surface area (Å²) in [6.07, 6.45) is 0. The maximum absolute atomic E-state index is 10.7. The van der Waals surface area contributed by atoms with Gasteiger partial charge >= 0.3 is 0 Å². The average Bonchev–Trinajstić information content (AvgIpc) is 1.82. The summed E-state index contributed by atoms with van der Waals surface area (Å²) in [5.74, 6) is 0.0596. The molecule has 0 aromatic heterocycles. The van der Waals surface area contributed by atoms with Gasteiger partial charge in [0.25, 0.3) is 0 Å². The molecule has 0 heterocycles. The van der Waals surface area contributed by atoms with Gasteiger partial charge in [-0.15, -0.1) is 0 Å². The van der Waals surface area contributed by atoms with Crippen LogP contribution in [0.2, 0.25) is 0 Å². The Labute approximate surface area is 55.2 Å². The largest absolute Gasteiger partial charge is 0.348 e. The van der Waals surface area contributed by atoms with Crippen LogP contribution in [0.1, 0.15) is 0 Å². The van der Waals surface area contributed by atoms with Crippen LogP contribution in [0.25, 0.3) is 0 Å². The summed E-state index contributed by atoms with van der Waals surface area (Å²) in [5.41, 5.74) is 5.34. The van der Waals surface area contributed by atoms with E-state index in [4.69, 9.17) is 0 Å². The lowest BCUT2D eigenvalue weighted by Gasteiger charge is -2.09. The summed E-state index contributed by atoms with van der Waals surface area (Å²) in [5, 5.41) is 0. The fourth-order valence-corrected chi connectivity index (χ4v) is 0.322. The number of rotatable bonds is 3. The lowest BCUT2D eigenvalue weighted by molar-refractivity contribution is -0.127. The molecule has 0 saturated carbocycles. The van der Waals surface area contributed by atoms with E-state index in [0.29, 0.717) is 6.54 Å². The quantitative estimate of drug-likeness (QED) is 0.473. The highest BCUT2D eigenvalue weighted by Crippen LogP contribution is 1.72. The molecule has 0 saturated heterocycles. The Kier molecular flexibility index (Phi) is 4.00. The molecule has 0 atom stereocenters. The van der Waals surface area contributed by atoms with Crippen LogP contribution in [0.15, 0.2) is 0 Å². The minimum atomic E-state index is 0.0596. The molecule has 0 fully saturated rings. The number of hydrazine groups is 1. The maximum Gasteiger partial charge on any atom is 0.237 e. The molecule has 4 nitrogen and oxygen atoms in total. The van der Waals surface area contributed by atoms with Gasteiger partial charge in [-0.05, 0) is 7.05 Å². The number of nitrogens with zero attached hydrogens (tertiary/aromatic N) is 1. The predicted octanol–water partition coefficient (Wildman–Crippen LogP) is -1.20. The van der Waals surface area contributed by atoms with Crippen LogP contribution < -0.4 is 10.9 Å². The summed E-state index contributed by atoms with van der Waals surface area (Å²) in [7, 11) is 5.17. The van der Waals surface area contributed by atoms with Crippen molar-refractivity contribution in [3.63, 3.8) is 0 Å². The van der Waals surface area contributed by atoms with Crippen molar-refractivity contribution in [2.24, 2.45) is 0 Å². The summed E-state index contributed by atoms with van der Waals surface area (Å²) in [4.78, 5) is 12.3. The van der Waals surface area contributed by atoms with Crippen molar-refractivity contribution in [1.29, 1.82) is 0 Å². The summed E-state index contributed by atoms with van der Waals surface area (Å²) in [6, 6.07) is 0. The molecule has 0 aromatic rings. The molecule has 54 valence electrons. The lowest BCUT2D eigenvalue weighted by atomic mass is 10.6. The first-order valence-corrected chi connectivity index (χ1v) is 2.78. The molecule has 0 aliphatic carbocycles. The second-order valence-electron chi connectivity index (χ2n) is 1.89. The van der Waals surface area contributed by atoms with E-state index in [0.717, 1.165) is 0 Å². The van der Waals surface area contributed by atoms with Crippen molar-refractivity contribution >= 4 is 5.91 Å². The maximum atomic E-state index is 10.7. The van der Waals surface area contributed by atoms with Gasteiger partial charge in [0.1, 0.15) is 0 Å². The van der Waals surface area contributed by atoms with Gasteiger partial charge in [-0.2, -0.15) is 0 Å². The van der Waals surface area contributed by atoms with E-state index >= 15 is 0 Å². The standard InChI is InChI=1S/C5H13N3O/c1-6-7-4-5(9)8(2)3/h6-7H,4H2,1-3H3. The van der Waals surface area contributed by atoms with E-state index < -0.39 is 0 Å². The zero-order valence-corrected chi connectivity index (χ0v) is 6.06. The van der Waals surface area contributed by atoms with Crippen LogP contribution in [-0.2, 0) is 4.79 Å². The van der Waals surface area contributed by atoms with Crippen molar-refractivity contribution in [3.05, 3.63) is 0 Å². The lowest BCUT2D eigenvalue weighted by Crippen LogP contribution is -2.38. The minimum Gasteiger partial charge on any atom is -0.348 e. The first kappa shape index (κ1) is 8.39. The van der Waals surface area contributed by atoms with E-state index in [1.165, 1.54) is 4.90 Å². The number of amides is 1. The van der Waals surface area contributed by atoms with Gasteiger partial charge in [-0.1, -0.05) is 0 Å². The van der Waals surface area contributed by atoms with Crippen LogP contribution in [-0.4, -0.2) is 38.5 Å². The van der Waals surface area contributed by atoms with Gasteiger partial charge in [-0.3, -0.25) is 10.2 Å². The van der Waals surface area contributed by atoms with Gasteiger partial charge in [0.15, 0.2) is 0 Å². The first-order chi connectivity index (χ1) is 4.18. The predicted molar refractivity (Wildman–Crippen MR) is 35.8 cm³/mol. The zero-order valence-electron chi connectivity index (χ0n) is 6.06. The molecule has 0 spiro atoms. The second kappa shape index (κ2) is 4.29. The van der Waals surface area contributed by atoms with Crippen molar-refractivity contribution < 1.29 is 4.79 Å². The van der Waals surface area contributed by atoms with Gasteiger partial charge in [0, 0.05) is 14.1 Å². The molecule has 0 radical (unpaired) electrons. The van der Waals surface area contributed by atoms with E-state index in [-0.39, 0.29) is 5.91 Å². The van der Waals surface area contributed by atoms with Crippen molar-refractivity contribution in [2.75, 3.05) is 27.7 Å². The SMILES string of the molecule is CNNCC(=O)N(C)C. The number of carbonyl (C=O) groups excluding carboxylic acids is 1. The molecule has 0 aliphatic heterocycles. The van der Waals surface area contributed by atoms with E-state index in [9.17, 15) is 4.79 Å². The number of hydrogen-bond donors (Lipinski definition) is 2.